The Hall–Kier alpha value is -2.27. The van der Waals surface area contributed by atoms with E-state index < -0.39 is 0 Å². The summed E-state index contributed by atoms with van der Waals surface area (Å²) in [6.45, 7) is 11.7. The molecule has 0 saturated carbocycles. The maximum Gasteiger partial charge on any atom is 0.122 e. The minimum atomic E-state index is 0.0363. The van der Waals surface area contributed by atoms with Crippen LogP contribution in [0.4, 0.5) is 0 Å². The van der Waals surface area contributed by atoms with Crippen LogP contribution in [-0.2, 0) is 5.41 Å². The van der Waals surface area contributed by atoms with Gasteiger partial charge in [-0.1, -0.05) is 44.2 Å². The minimum Gasteiger partial charge on any atom is -0.493 e. The van der Waals surface area contributed by atoms with Gasteiger partial charge >= 0.3 is 0 Å². The highest BCUT2D eigenvalue weighted by Crippen LogP contribution is 2.40. The Labute approximate surface area is 165 Å². The summed E-state index contributed by atoms with van der Waals surface area (Å²) in [5.74, 6) is 0.955. The van der Waals surface area contributed by atoms with Crippen molar-refractivity contribution in [2.24, 2.45) is 0 Å². The normalized spacial score (nSPS) is 11.3. The van der Waals surface area contributed by atoms with E-state index in [4.69, 9.17) is 10.00 Å². The van der Waals surface area contributed by atoms with Gasteiger partial charge in [-0.25, -0.2) is 0 Å². The van der Waals surface area contributed by atoms with Crippen LogP contribution in [0.25, 0.3) is 0 Å². The molecule has 0 fully saturated rings. The molecule has 144 valence electrons. The summed E-state index contributed by atoms with van der Waals surface area (Å²) >= 11 is 0. The number of unbranched alkanes of at least 4 members (excludes halogenated alkanes) is 2. The van der Waals surface area contributed by atoms with Gasteiger partial charge in [-0.15, -0.1) is 0 Å². The maximum absolute atomic E-state index is 8.62. The molecule has 0 aliphatic carbocycles. The Balaban J connectivity index is 2.28. The first-order valence-corrected chi connectivity index (χ1v) is 10.2. The molecule has 0 bridgehead atoms. The van der Waals surface area contributed by atoms with Gasteiger partial charge in [0.2, 0.25) is 0 Å². The minimum absolute atomic E-state index is 0.0363. The zero-order valence-corrected chi connectivity index (χ0v) is 17.6. The lowest BCUT2D eigenvalue weighted by Crippen LogP contribution is -2.26. The van der Waals surface area contributed by atoms with Crippen molar-refractivity contribution in [1.29, 1.82) is 5.26 Å². The van der Waals surface area contributed by atoms with Crippen molar-refractivity contribution >= 4 is 0 Å². The first-order valence-electron chi connectivity index (χ1n) is 10.2. The van der Waals surface area contributed by atoms with Crippen LogP contribution in [-0.4, -0.2) is 6.61 Å². The van der Waals surface area contributed by atoms with E-state index in [1.807, 2.05) is 0 Å². The van der Waals surface area contributed by atoms with E-state index in [-0.39, 0.29) is 5.41 Å². The van der Waals surface area contributed by atoms with Crippen LogP contribution in [0.1, 0.15) is 73.8 Å². The number of hydrogen-bond donors (Lipinski definition) is 0. The highest BCUT2D eigenvalue weighted by Gasteiger charge is 2.31. The second-order valence-corrected chi connectivity index (χ2v) is 7.53. The molecule has 0 saturated heterocycles. The summed E-state index contributed by atoms with van der Waals surface area (Å²) in [4.78, 5) is 0. The summed E-state index contributed by atoms with van der Waals surface area (Å²) in [7, 11) is 0. The van der Waals surface area contributed by atoms with Crippen molar-refractivity contribution in [1.82, 2.24) is 0 Å². The summed E-state index contributed by atoms with van der Waals surface area (Å²) in [5.41, 5.74) is 6.69. The third-order valence-corrected chi connectivity index (χ3v) is 5.93. The molecule has 0 aromatic heterocycles. The van der Waals surface area contributed by atoms with Gasteiger partial charge in [-0.2, -0.15) is 5.26 Å². The number of nitrogens with zero attached hydrogens (tertiary/aromatic N) is 1. The first kappa shape index (κ1) is 21.0. The second kappa shape index (κ2) is 9.60. The molecule has 0 N–H and O–H groups in total. The molecule has 0 unspecified atom stereocenters. The van der Waals surface area contributed by atoms with Crippen LogP contribution in [0, 0.1) is 32.1 Å². The highest BCUT2D eigenvalue weighted by atomic mass is 16.5. The Morgan fingerprint density at radius 3 is 2.04 bits per heavy atom. The third-order valence-electron chi connectivity index (χ3n) is 5.93. The van der Waals surface area contributed by atoms with Crippen LogP contribution in [0.15, 0.2) is 36.4 Å². The van der Waals surface area contributed by atoms with Gasteiger partial charge in [0.15, 0.2) is 0 Å². The summed E-state index contributed by atoms with van der Waals surface area (Å²) in [5, 5.41) is 8.62. The average Bonchev–Trinajstić information content (AvgIpc) is 2.67. The fourth-order valence-electron chi connectivity index (χ4n) is 3.87. The van der Waals surface area contributed by atoms with E-state index in [0.717, 1.165) is 31.4 Å². The predicted octanol–water partition coefficient (Wildman–Crippen LogP) is 6.79. The molecule has 27 heavy (non-hydrogen) atoms. The Morgan fingerprint density at radius 1 is 0.852 bits per heavy atom. The van der Waals surface area contributed by atoms with Crippen LogP contribution in [0.5, 0.6) is 5.75 Å². The predicted molar refractivity (Wildman–Crippen MR) is 113 cm³/mol. The third kappa shape index (κ3) is 4.72. The van der Waals surface area contributed by atoms with Crippen LogP contribution in [0.3, 0.4) is 0 Å². The van der Waals surface area contributed by atoms with Crippen molar-refractivity contribution < 1.29 is 4.74 Å². The van der Waals surface area contributed by atoms with E-state index in [1.54, 1.807) is 0 Å². The van der Waals surface area contributed by atoms with Gasteiger partial charge in [0, 0.05) is 11.8 Å². The molecule has 0 radical (unpaired) electrons. The first-order chi connectivity index (χ1) is 13.0. The largest absolute Gasteiger partial charge is 0.493 e. The Morgan fingerprint density at radius 2 is 1.48 bits per heavy atom. The number of nitriles is 1. The zero-order valence-electron chi connectivity index (χ0n) is 17.6. The average molecular weight is 364 g/mol. The molecule has 2 aromatic rings. The molecule has 0 spiro atoms. The van der Waals surface area contributed by atoms with E-state index in [1.165, 1.54) is 27.8 Å². The zero-order chi connectivity index (χ0) is 19.9. The van der Waals surface area contributed by atoms with E-state index in [2.05, 4.69) is 77.1 Å². The number of hydrogen-bond acceptors (Lipinski definition) is 2. The molecule has 2 heteroatoms. The summed E-state index contributed by atoms with van der Waals surface area (Å²) in [6.07, 6.45) is 4.56. The van der Waals surface area contributed by atoms with Crippen molar-refractivity contribution in [2.45, 2.75) is 72.1 Å². The van der Waals surface area contributed by atoms with E-state index in [9.17, 15) is 0 Å². The lowest BCUT2D eigenvalue weighted by Gasteiger charge is -2.34. The van der Waals surface area contributed by atoms with Crippen LogP contribution in [0.2, 0.25) is 0 Å². The topological polar surface area (TPSA) is 33.0 Å². The smallest absolute Gasteiger partial charge is 0.122 e. The molecule has 2 rings (SSSR count). The standard InChI is InChI=1S/C25H33NO/c1-6-25(7-2,22-12-11-19(3)20(4)17-22)23-13-14-24(21(5)18-23)27-16-10-8-9-15-26/h11-14,17-18H,6-10,16H2,1-5H3. The van der Waals surface area contributed by atoms with E-state index >= 15 is 0 Å². The molecule has 2 nitrogen and oxygen atoms in total. The van der Waals surface area contributed by atoms with E-state index in [0.29, 0.717) is 13.0 Å². The van der Waals surface area contributed by atoms with Gasteiger partial charge < -0.3 is 4.74 Å². The van der Waals surface area contributed by atoms with Crippen LogP contribution >= 0.6 is 0 Å². The number of rotatable bonds is 9. The molecule has 2 aromatic carbocycles. The SMILES string of the molecule is CCC(CC)(c1ccc(C)c(C)c1)c1ccc(OCCCCC#N)c(C)c1. The molecule has 0 heterocycles. The Kier molecular flexibility index (Phi) is 7.48. The highest BCUT2D eigenvalue weighted by molar-refractivity contribution is 5.46. The van der Waals surface area contributed by atoms with Crippen LogP contribution < -0.4 is 4.74 Å². The van der Waals surface area contributed by atoms with Gasteiger partial charge in [0.25, 0.3) is 0 Å². The second-order valence-electron chi connectivity index (χ2n) is 7.53. The summed E-state index contributed by atoms with van der Waals surface area (Å²) in [6, 6.07) is 15.7. The van der Waals surface area contributed by atoms with Gasteiger partial charge in [0.1, 0.15) is 5.75 Å². The van der Waals surface area contributed by atoms with Crippen molar-refractivity contribution in [3.8, 4) is 11.8 Å². The molecule has 0 atom stereocenters. The summed E-state index contributed by atoms with van der Waals surface area (Å²) < 4.78 is 5.95. The van der Waals surface area contributed by atoms with Gasteiger partial charge in [-0.3, -0.25) is 0 Å². The Bertz CT molecular complexity index is 796. The number of aryl methyl sites for hydroxylation is 3. The molecule has 0 amide bonds. The fourth-order valence-corrected chi connectivity index (χ4v) is 3.87. The molecular weight excluding hydrogens is 330 g/mol. The lowest BCUT2D eigenvalue weighted by molar-refractivity contribution is 0.305. The molecular formula is C25H33NO. The molecule has 0 aliphatic rings. The maximum atomic E-state index is 8.62. The quantitative estimate of drug-likeness (QED) is 0.459. The van der Waals surface area contributed by atoms with Gasteiger partial charge in [-0.05, 0) is 80.3 Å². The van der Waals surface area contributed by atoms with Crippen molar-refractivity contribution in [3.05, 3.63) is 64.2 Å². The van der Waals surface area contributed by atoms with Crippen molar-refractivity contribution in [3.63, 3.8) is 0 Å². The fraction of sp³-hybridized carbons (Fsp3) is 0.480. The number of benzene rings is 2. The molecule has 0 aliphatic heterocycles. The monoisotopic (exact) mass is 363 g/mol. The van der Waals surface area contributed by atoms with Crippen molar-refractivity contribution in [2.75, 3.05) is 6.61 Å². The number of ether oxygens (including phenoxy) is 1. The van der Waals surface area contributed by atoms with Gasteiger partial charge in [0.05, 0.1) is 12.7 Å². The lowest BCUT2D eigenvalue weighted by atomic mass is 9.70.